The van der Waals surface area contributed by atoms with Crippen LogP contribution in [0.25, 0.3) is 0 Å². The lowest BCUT2D eigenvalue weighted by molar-refractivity contribution is -0.122. The van der Waals surface area contributed by atoms with E-state index in [9.17, 15) is 4.79 Å². The molecule has 1 atom stereocenters. The van der Waals surface area contributed by atoms with Gasteiger partial charge >= 0.3 is 0 Å². The fraction of sp³-hybridized carbons (Fsp3) is 0.233. The van der Waals surface area contributed by atoms with E-state index in [0.29, 0.717) is 38.0 Å². The Labute approximate surface area is 216 Å². The lowest BCUT2D eigenvalue weighted by Crippen LogP contribution is -2.50. The molecule has 0 radical (unpaired) electrons. The van der Waals surface area contributed by atoms with Crippen LogP contribution in [0, 0.1) is 11.3 Å². The average Bonchev–Trinajstić information content (AvgIpc) is 3.39. The molecule has 37 heavy (non-hydrogen) atoms. The van der Waals surface area contributed by atoms with Gasteiger partial charge in [-0.1, -0.05) is 42.5 Å². The first kappa shape index (κ1) is 24.1. The molecule has 1 N–H and O–H groups in total. The minimum Gasteiger partial charge on any atom is -0.497 e. The molecule has 1 amide bonds. The fourth-order valence-electron chi connectivity index (χ4n) is 4.83. The van der Waals surface area contributed by atoms with Crippen molar-refractivity contribution >= 4 is 11.6 Å². The van der Waals surface area contributed by atoms with Gasteiger partial charge in [0.05, 0.1) is 25.1 Å². The number of nitrogens with one attached hydrogen (secondary N) is 1. The highest BCUT2D eigenvalue weighted by Gasteiger charge is 2.31. The Kier molecular flexibility index (Phi) is 7.18. The van der Waals surface area contributed by atoms with E-state index in [1.165, 1.54) is 11.1 Å². The monoisotopic (exact) mass is 491 g/mol. The van der Waals surface area contributed by atoms with Crippen LogP contribution in [0.1, 0.15) is 27.9 Å². The average molecular weight is 492 g/mol. The number of hydrogen-bond donors (Lipinski definition) is 1. The molecular formula is C30H29N5O2. The van der Waals surface area contributed by atoms with Gasteiger partial charge in [-0.25, -0.2) is 4.98 Å². The summed E-state index contributed by atoms with van der Waals surface area (Å²) in [6, 6.07) is 25.6. The van der Waals surface area contributed by atoms with Crippen LogP contribution in [0.2, 0.25) is 0 Å². The van der Waals surface area contributed by atoms with E-state index >= 15 is 0 Å². The molecule has 7 nitrogen and oxygen atoms in total. The number of fused-ring (bicyclic) bond motifs is 1. The number of nitriles is 1. The zero-order chi connectivity index (χ0) is 25.6. The van der Waals surface area contributed by atoms with Gasteiger partial charge in [0.2, 0.25) is 5.91 Å². The summed E-state index contributed by atoms with van der Waals surface area (Å²) in [5, 5.41) is 12.2. The standard InChI is InChI=1S/C30H29N5O2/c1-37-28-8-4-7-26(16-28)35-20-25-6-3-2-5-24(25)15-29(35)30(36)33-14-13-27-18-32-21-34(27)19-23-11-9-22(17-31)10-12-23/h2-12,16,18,21,29H,13-15,19-20H2,1H3,(H,33,36)/t29-/m1/s1. The third kappa shape index (κ3) is 5.49. The molecule has 1 aromatic heterocycles. The molecule has 1 aliphatic rings. The normalized spacial score (nSPS) is 14.5. The largest absolute Gasteiger partial charge is 0.497 e. The molecule has 5 rings (SSSR count). The SMILES string of the molecule is COc1cccc(N2Cc3ccccc3C[C@@H]2C(=O)NCCc2cncn2Cc2ccc(C#N)cc2)c1. The maximum absolute atomic E-state index is 13.5. The van der Waals surface area contributed by atoms with Crippen molar-refractivity contribution in [1.29, 1.82) is 5.26 Å². The molecule has 0 unspecified atom stereocenters. The van der Waals surface area contributed by atoms with Gasteiger partial charge in [-0.15, -0.1) is 0 Å². The Morgan fingerprint density at radius 2 is 1.92 bits per heavy atom. The second-order valence-electron chi connectivity index (χ2n) is 9.18. The minimum atomic E-state index is -0.314. The van der Waals surface area contributed by atoms with E-state index < -0.39 is 0 Å². The number of anilines is 1. The minimum absolute atomic E-state index is 0.00970. The Balaban J connectivity index is 1.26. The number of nitrogens with zero attached hydrogens (tertiary/aromatic N) is 4. The molecule has 0 saturated carbocycles. The third-order valence-electron chi connectivity index (χ3n) is 6.85. The summed E-state index contributed by atoms with van der Waals surface area (Å²) in [7, 11) is 1.65. The van der Waals surface area contributed by atoms with Crippen LogP contribution >= 0.6 is 0 Å². The molecule has 0 bridgehead atoms. The van der Waals surface area contributed by atoms with Crippen LogP contribution in [0.15, 0.2) is 85.3 Å². The second kappa shape index (κ2) is 11.0. The lowest BCUT2D eigenvalue weighted by Gasteiger charge is -2.37. The molecular weight excluding hydrogens is 462 g/mol. The Morgan fingerprint density at radius 3 is 2.70 bits per heavy atom. The van der Waals surface area contributed by atoms with Crippen molar-refractivity contribution in [3.63, 3.8) is 0 Å². The number of aromatic nitrogens is 2. The summed E-state index contributed by atoms with van der Waals surface area (Å²) < 4.78 is 7.51. The molecule has 1 aliphatic heterocycles. The Bertz CT molecular complexity index is 1420. The zero-order valence-electron chi connectivity index (χ0n) is 20.8. The van der Waals surface area contributed by atoms with E-state index in [1.807, 2.05) is 66.9 Å². The smallest absolute Gasteiger partial charge is 0.243 e. The number of imidazole rings is 1. The fourth-order valence-corrected chi connectivity index (χ4v) is 4.83. The highest BCUT2D eigenvalue weighted by molar-refractivity contribution is 5.86. The third-order valence-corrected chi connectivity index (χ3v) is 6.85. The molecule has 7 heteroatoms. The first-order valence-corrected chi connectivity index (χ1v) is 12.4. The van der Waals surface area contributed by atoms with E-state index in [1.54, 1.807) is 13.4 Å². The highest BCUT2D eigenvalue weighted by Crippen LogP contribution is 2.30. The van der Waals surface area contributed by atoms with Gasteiger partial charge in [0.15, 0.2) is 0 Å². The number of carbonyl (C=O) groups excluding carboxylic acids is 1. The lowest BCUT2D eigenvalue weighted by atomic mass is 9.93. The van der Waals surface area contributed by atoms with Crippen LogP contribution < -0.4 is 15.0 Å². The molecule has 3 aromatic carbocycles. The van der Waals surface area contributed by atoms with Crippen LogP contribution in [-0.4, -0.2) is 35.2 Å². The molecule has 4 aromatic rings. The van der Waals surface area contributed by atoms with Gasteiger partial charge in [-0.2, -0.15) is 5.26 Å². The van der Waals surface area contributed by atoms with E-state index in [4.69, 9.17) is 10.00 Å². The van der Waals surface area contributed by atoms with Crippen molar-refractivity contribution in [3.8, 4) is 11.8 Å². The first-order valence-electron chi connectivity index (χ1n) is 12.4. The number of rotatable bonds is 8. The number of carbonyl (C=O) groups is 1. The molecule has 2 heterocycles. The van der Waals surface area contributed by atoms with Crippen LogP contribution in [0.5, 0.6) is 5.75 Å². The summed E-state index contributed by atoms with van der Waals surface area (Å²) in [6.45, 7) is 1.85. The van der Waals surface area contributed by atoms with Gasteiger partial charge in [-0.3, -0.25) is 4.79 Å². The predicted molar refractivity (Wildman–Crippen MR) is 142 cm³/mol. The number of methoxy groups -OCH3 is 1. The molecule has 0 saturated heterocycles. The number of hydrogen-bond acceptors (Lipinski definition) is 5. The van der Waals surface area contributed by atoms with Crippen molar-refractivity contribution < 1.29 is 9.53 Å². The summed E-state index contributed by atoms with van der Waals surface area (Å²) >= 11 is 0. The van der Waals surface area contributed by atoms with Crippen LogP contribution in [-0.2, 0) is 30.7 Å². The van der Waals surface area contributed by atoms with Gasteiger partial charge in [0.1, 0.15) is 11.8 Å². The van der Waals surface area contributed by atoms with Gasteiger partial charge in [0.25, 0.3) is 0 Å². The topological polar surface area (TPSA) is 83.2 Å². The summed E-state index contributed by atoms with van der Waals surface area (Å²) in [6.07, 6.45) is 4.97. The Hall–Kier alpha value is -4.57. The van der Waals surface area contributed by atoms with Gasteiger partial charge in [0, 0.05) is 56.1 Å². The molecule has 0 aliphatic carbocycles. The molecule has 0 spiro atoms. The molecule has 186 valence electrons. The van der Waals surface area contributed by atoms with Crippen molar-refractivity contribution in [3.05, 3.63) is 113 Å². The number of ether oxygens (including phenoxy) is 1. The van der Waals surface area contributed by atoms with Crippen molar-refractivity contribution in [2.24, 2.45) is 0 Å². The van der Waals surface area contributed by atoms with E-state index in [2.05, 4.69) is 38.0 Å². The summed E-state index contributed by atoms with van der Waals surface area (Å²) in [4.78, 5) is 20.0. The van der Waals surface area contributed by atoms with Crippen molar-refractivity contribution in [1.82, 2.24) is 14.9 Å². The van der Waals surface area contributed by atoms with Gasteiger partial charge in [-0.05, 0) is 41.0 Å². The van der Waals surface area contributed by atoms with E-state index in [-0.39, 0.29) is 11.9 Å². The first-order chi connectivity index (χ1) is 18.1. The van der Waals surface area contributed by atoms with Crippen LogP contribution in [0.4, 0.5) is 5.69 Å². The number of benzene rings is 3. The zero-order valence-corrected chi connectivity index (χ0v) is 20.8. The predicted octanol–water partition coefficient (Wildman–Crippen LogP) is 4.10. The maximum atomic E-state index is 13.5. The van der Waals surface area contributed by atoms with E-state index in [0.717, 1.165) is 22.7 Å². The summed E-state index contributed by atoms with van der Waals surface area (Å²) in [5.41, 5.74) is 6.20. The van der Waals surface area contributed by atoms with Crippen molar-refractivity contribution in [2.75, 3.05) is 18.6 Å². The van der Waals surface area contributed by atoms with Gasteiger partial charge < -0.3 is 19.5 Å². The number of amides is 1. The van der Waals surface area contributed by atoms with Crippen LogP contribution in [0.3, 0.4) is 0 Å². The Morgan fingerprint density at radius 1 is 1.11 bits per heavy atom. The highest BCUT2D eigenvalue weighted by atomic mass is 16.5. The second-order valence-corrected chi connectivity index (χ2v) is 9.18. The quantitative estimate of drug-likeness (QED) is 0.401. The molecule has 0 fully saturated rings. The summed E-state index contributed by atoms with van der Waals surface area (Å²) in [5.74, 6) is 0.779. The van der Waals surface area contributed by atoms with Crippen molar-refractivity contribution in [2.45, 2.75) is 32.0 Å². The maximum Gasteiger partial charge on any atom is 0.243 e.